The van der Waals surface area contributed by atoms with Crippen LogP contribution in [0.4, 0.5) is 0 Å². The van der Waals surface area contributed by atoms with E-state index in [4.69, 9.17) is 9.84 Å². The van der Waals surface area contributed by atoms with Crippen molar-refractivity contribution >= 4 is 9.84 Å². The van der Waals surface area contributed by atoms with Crippen LogP contribution >= 0.6 is 0 Å². The summed E-state index contributed by atoms with van der Waals surface area (Å²) in [5.74, 6) is -0.0257. The molecule has 1 N–H and O–H groups in total. The van der Waals surface area contributed by atoms with Crippen molar-refractivity contribution in [2.45, 2.75) is 19.1 Å². The van der Waals surface area contributed by atoms with Crippen LogP contribution in [0.3, 0.4) is 0 Å². The van der Waals surface area contributed by atoms with Gasteiger partial charge in [-0.25, -0.2) is 8.42 Å². The summed E-state index contributed by atoms with van der Waals surface area (Å²) in [5, 5.41) is 8.01. The molecule has 1 aromatic rings. The Balaban J connectivity index is 2.67. The van der Waals surface area contributed by atoms with Crippen LogP contribution in [0.2, 0.25) is 0 Å². The first kappa shape index (κ1) is 15.1. The van der Waals surface area contributed by atoms with Gasteiger partial charge in [0, 0.05) is 0 Å². The quantitative estimate of drug-likeness (QED) is 0.764. The van der Waals surface area contributed by atoms with Crippen molar-refractivity contribution in [1.82, 2.24) is 0 Å². The lowest BCUT2D eigenvalue weighted by Crippen LogP contribution is -2.18. The molecule has 102 valence electrons. The molecule has 0 heterocycles. The normalized spacial score (nSPS) is 13.5. The third kappa shape index (κ3) is 4.40. The predicted molar refractivity (Wildman–Crippen MR) is 71.3 cm³/mol. The zero-order valence-corrected chi connectivity index (χ0v) is 11.6. The Morgan fingerprint density at radius 1 is 1.33 bits per heavy atom. The van der Waals surface area contributed by atoms with E-state index in [2.05, 4.69) is 0 Å². The molecule has 5 heteroatoms. The van der Waals surface area contributed by atoms with Gasteiger partial charge in [-0.2, -0.15) is 0 Å². The molecule has 0 bridgehead atoms. The van der Waals surface area contributed by atoms with Crippen molar-refractivity contribution in [3.05, 3.63) is 35.4 Å². The van der Waals surface area contributed by atoms with Crippen LogP contribution in [-0.4, -0.2) is 39.1 Å². The minimum Gasteiger partial charge on any atom is -0.394 e. The molecule has 1 unspecified atom stereocenters. The molecule has 0 spiro atoms. The summed E-state index contributed by atoms with van der Waals surface area (Å²) >= 11 is 0. The van der Waals surface area contributed by atoms with Crippen LogP contribution in [0.25, 0.3) is 0 Å². The highest BCUT2D eigenvalue weighted by atomic mass is 32.2. The number of benzene rings is 1. The first-order valence-electron chi connectivity index (χ1n) is 5.94. The average molecular weight is 272 g/mol. The fraction of sp³-hybridized carbons (Fsp3) is 0.538. The Bertz CT molecular complexity index is 468. The number of aryl methyl sites for hydroxylation is 1. The van der Waals surface area contributed by atoms with Crippen LogP contribution in [0.5, 0.6) is 0 Å². The highest BCUT2D eigenvalue weighted by Gasteiger charge is 2.22. The van der Waals surface area contributed by atoms with Gasteiger partial charge < -0.3 is 9.84 Å². The summed E-state index contributed by atoms with van der Waals surface area (Å²) in [5.41, 5.74) is 1.85. The standard InChI is InChI=1S/C13H20O4S/c1-11-4-3-5-13(10-11)12(2)18(15,16)9-8-17-7-6-14/h3-5,10,12,14H,6-9H2,1-2H3. The van der Waals surface area contributed by atoms with E-state index in [1.54, 1.807) is 6.92 Å². The lowest BCUT2D eigenvalue weighted by Gasteiger charge is -2.14. The van der Waals surface area contributed by atoms with Gasteiger partial charge in [-0.15, -0.1) is 0 Å². The molecule has 4 nitrogen and oxygen atoms in total. The van der Waals surface area contributed by atoms with Crippen molar-refractivity contribution in [2.24, 2.45) is 0 Å². The van der Waals surface area contributed by atoms with Crippen molar-refractivity contribution in [1.29, 1.82) is 0 Å². The van der Waals surface area contributed by atoms with E-state index < -0.39 is 15.1 Å². The molecule has 1 aromatic carbocycles. The van der Waals surface area contributed by atoms with Crippen molar-refractivity contribution in [2.75, 3.05) is 25.6 Å². The number of hydrogen-bond donors (Lipinski definition) is 1. The van der Waals surface area contributed by atoms with E-state index in [-0.39, 0.29) is 25.6 Å². The van der Waals surface area contributed by atoms with Gasteiger partial charge in [0.25, 0.3) is 0 Å². The highest BCUT2D eigenvalue weighted by Crippen LogP contribution is 2.23. The molecular formula is C13H20O4S. The first-order chi connectivity index (χ1) is 8.47. The van der Waals surface area contributed by atoms with Crippen molar-refractivity contribution in [3.8, 4) is 0 Å². The zero-order chi connectivity index (χ0) is 13.6. The van der Waals surface area contributed by atoms with Crippen LogP contribution in [0, 0.1) is 6.92 Å². The van der Waals surface area contributed by atoms with E-state index in [0.29, 0.717) is 0 Å². The van der Waals surface area contributed by atoms with Gasteiger partial charge >= 0.3 is 0 Å². The monoisotopic (exact) mass is 272 g/mol. The minimum atomic E-state index is -3.22. The molecule has 0 amide bonds. The molecule has 0 aliphatic heterocycles. The van der Waals surface area contributed by atoms with E-state index in [1.807, 2.05) is 31.2 Å². The third-order valence-corrected chi connectivity index (χ3v) is 4.88. The fourth-order valence-corrected chi connectivity index (χ4v) is 2.91. The van der Waals surface area contributed by atoms with Gasteiger partial charge in [0.15, 0.2) is 9.84 Å². The smallest absolute Gasteiger partial charge is 0.159 e. The second-order valence-electron chi connectivity index (χ2n) is 4.26. The molecule has 0 saturated heterocycles. The van der Waals surface area contributed by atoms with E-state index in [1.165, 1.54) is 0 Å². The molecule has 0 fully saturated rings. The summed E-state index contributed by atoms with van der Waals surface area (Å²) in [6, 6.07) is 7.51. The maximum absolute atomic E-state index is 12.1. The van der Waals surface area contributed by atoms with Gasteiger partial charge in [-0.1, -0.05) is 29.8 Å². The molecule has 1 rings (SSSR count). The van der Waals surface area contributed by atoms with Crippen LogP contribution in [0.15, 0.2) is 24.3 Å². The number of aliphatic hydroxyl groups excluding tert-OH is 1. The molecule has 0 saturated carbocycles. The molecule has 0 radical (unpaired) electrons. The number of ether oxygens (including phenoxy) is 1. The maximum Gasteiger partial charge on any atom is 0.159 e. The molecule has 0 aliphatic rings. The Morgan fingerprint density at radius 2 is 2.06 bits per heavy atom. The summed E-state index contributed by atoms with van der Waals surface area (Å²) in [7, 11) is -3.22. The summed E-state index contributed by atoms with van der Waals surface area (Å²) in [6.07, 6.45) is 0. The molecule has 0 aromatic heterocycles. The van der Waals surface area contributed by atoms with Gasteiger partial charge in [-0.05, 0) is 19.4 Å². The largest absolute Gasteiger partial charge is 0.394 e. The Hall–Kier alpha value is -0.910. The lowest BCUT2D eigenvalue weighted by molar-refractivity contribution is 0.103. The minimum absolute atomic E-state index is 0.0257. The van der Waals surface area contributed by atoms with Gasteiger partial charge in [-0.3, -0.25) is 0 Å². The Kier molecular flexibility index (Phi) is 5.78. The van der Waals surface area contributed by atoms with Gasteiger partial charge in [0.05, 0.1) is 30.8 Å². The predicted octanol–water partition coefficient (Wildman–Crippen LogP) is 1.48. The second kappa shape index (κ2) is 6.87. The van der Waals surface area contributed by atoms with Crippen LogP contribution in [-0.2, 0) is 14.6 Å². The van der Waals surface area contributed by atoms with E-state index >= 15 is 0 Å². The Labute approximate surface area is 109 Å². The average Bonchev–Trinajstić information content (AvgIpc) is 2.34. The van der Waals surface area contributed by atoms with Crippen LogP contribution < -0.4 is 0 Å². The fourth-order valence-electron chi connectivity index (χ4n) is 1.65. The molecular weight excluding hydrogens is 252 g/mol. The second-order valence-corrected chi connectivity index (χ2v) is 6.70. The number of rotatable bonds is 7. The summed E-state index contributed by atoms with van der Waals surface area (Å²) in [4.78, 5) is 0. The maximum atomic E-state index is 12.1. The zero-order valence-electron chi connectivity index (χ0n) is 10.8. The van der Waals surface area contributed by atoms with Gasteiger partial charge in [0.1, 0.15) is 0 Å². The number of hydrogen-bond acceptors (Lipinski definition) is 4. The third-order valence-electron chi connectivity index (χ3n) is 2.80. The van der Waals surface area contributed by atoms with Crippen molar-refractivity contribution in [3.63, 3.8) is 0 Å². The molecule has 1 atom stereocenters. The first-order valence-corrected chi connectivity index (χ1v) is 7.65. The van der Waals surface area contributed by atoms with Gasteiger partial charge in [0.2, 0.25) is 0 Å². The SMILES string of the molecule is Cc1cccc(C(C)S(=O)(=O)CCOCCO)c1. The Morgan fingerprint density at radius 3 is 2.67 bits per heavy atom. The van der Waals surface area contributed by atoms with E-state index in [0.717, 1.165) is 11.1 Å². The molecule has 0 aliphatic carbocycles. The molecule has 18 heavy (non-hydrogen) atoms. The number of sulfone groups is 1. The van der Waals surface area contributed by atoms with Crippen molar-refractivity contribution < 1.29 is 18.3 Å². The van der Waals surface area contributed by atoms with E-state index in [9.17, 15) is 8.42 Å². The summed E-state index contributed by atoms with van der Waals surface area (Å²) < 4.78 is 29.1. The topological polar surface area (TPSA) is 63.6 Å². The number of aliphatic hydroxyl groups is 1. The van der Waals surface area contributed by atoms with Crippen LogP contribution in [0.1, 0.15) is 23.3 Å². The lowest BCUT2D eigenvalue weighted by atomic mass is 10.1. The summed E-state index contributed by atoms with van der Waals surface area (Å²) in [6.45, 7) is 3.84. The highest BCUT2D eigenvalue weighted by molar-refractivity contribution is 7.91.